The molecule has 94 valence electrons. The second kappa shape index (κ2) is 4.78. The number of benzene rings is 1. The van der Waals surface area contributed by atoms with E-state index in [9.17, 15) is 5.11 Å². The van der Waals surface area contributed by atoms with Gasteiger partial charge in [-0.25, -0.2) is 4.98 Å². The van der Waals surface area contributed by atoms with Gasteiger partial charge in [-0.05, 0) is 12.1 Å². The first-order valence-corrected chi connectivity index (χ1v) is 7.08. The molecule has 0 unspecified atom stereocenters. The summed E-state index contributed by atoms with van der Waals surface area (Å²) in [6.45, 7) is 0.689. The highest BCUT2D eigenvalue weighted by Gasteiger charge is 2.34. The summed E-state index contributed by atoms with van der Waals surface area (Å²) < 4.78 is 1.95. The fraction of sp³-hybridized carbons (Fsp3) is 0.250. The molecule has 3 nitrogen and oxygen atoms in total. The number of rotatable bonds is 2. The van der Waals surface area contributed by atoms with Gasteiger partial charge >= 0.3 is 0 Å². The van der Waals surface area contributed by atoms with Crippen LogP contribution in [0.25, 0.3) is 0 Å². The van der Waals surface area contributed by atoms with Gasteiger partial charge in [-0.3, -0.25) is 0 Å². The highest BCUT2D eigenvalue weighted by molar-refractivity contribution is 8.00. The number of imidazole rings is 1. The molecule has 0 aliphatic carbocycles. The molecule has 6 heteroatoms. The third-order valence-electron chi connectivity index (χ3n) is 2.93. The number of halogens is 2. The molecule has 2 atom stereocenters. The maximum absolute atomic E-state index is 10.3. The average Bonchev–Trinajstić information content (AvgIpc) is 2.88. The summed E-state index contributed by atoms with van der Waals surface area (Å²) in [6, 6.07) is 3.52. The molecule has 0 saturated heterocycles. The number of aliphatic hydroxyl groups is 1. The van der Waals surface area contributed by atoms with Crippen LogP contribution in [-0.2, 0) is 6.54 Å². The molecule has 0 radical (unpaired) electrons. The molecular formula is C12H10Cl2N2OS. The minimum absolute atomic E-state index is 0.0326. The summed E-state index contributed by atoms with van der Waals surface area (Å²) >= 11 is 13.7. The van der Waals surface area contributed by atoms with E-state index in [2.05, 4.69) is 4.98 Å². The van der Waals surface area contributed by atoms with Gasteiger partial charge in [-0.15, -0.1) is 11.8 Å². The molecule has 1 aliphatic heterocycles. The monoisotopic (exact) mass is 300 g/mol. The van der Waals surface area contributed by atoms with Crippen LogP contribution in [0.2, 0.25) is 10.0 Å². The van der Waals surface area contributed by atoms with Crippen molar-refractivity contribution in [1.82, 2.24) is 9.55 Å². The zero-order valence-corrected chi connectivity index (χ0v) is 11.6. The van der Waals surface area contributed by atoms with E-state index in [-0.39, 0.29) is 5.25 Å². The van der Waals surface area contributed by atoms with E-state index in [1.807, 2.05) is 16.8 Å². The summed E-state index contributed by atoms with van der Waals surface area (Å²) in [5.41, 5.74) is 0.788. The minimum atomic E-state index is -0.572. The smallest absolute Gasteiger partial charge is 0.0954 e. The summed E-state index contributed by atoms with van der Waals surface area (Å²) in [5, 5.41) is 11.5. The van der Waals surface area contributed by atoms with Gasteiger partial charge in [-0.2, -0.15) is 0 Å². The van der Waals surface area contributed by atoms with Crippen LogP contribution in [0.4, 0.5) is 0 Å². The average molecular weight is 301 g/mol. The second-order valence-electron chi connectivity index (χ2n) is 4.16. The van der Waals surface area contributed by atoms with E-state index in [0.717, 1.165) is 10.5 Å². The fourth-order valence-electron chi connectivity index (χ4n) is 2.10. The van der Waals surface area contributed by atoms with Crippen LogP contribution in [0.5, 0.6) is 0 Å². The Morgan fingerprint density at radius 2 is 2.22 bits per heavy atom. The lowest BCUT2D eigenvalue weighted by atomic mass is 10.1. The van der Waals surface area contributed by atoms with Crippen LogP contribution in [0.15, 0.2) is 35.7 Å². The lowest BCUT2D eigenvalue weighted by molar-refractivity contribution is 0.170. The van der Waals surface area contributed by atoms with Crippen molar-refractivity contribution < 1.29 is 5.11 Å². The minimum Gasteiger partial charge on any atom is -0.387 e. The molecule has 0 amide bonds. The quantitative estimate of drug-likeness (QED) is 0.924. The molecule has 2 aromatic rings. The molecule has 1 aromatic heterocycles. The lowest BCUT2D eigenvalue weighted by Crippen LogP contribution is -2.16. The van der Waals surface area contributed by atoms with Crippen LogP contribution in [0, 0.1) is 0 Å². The van der Waals surface area contributed by atoms with Gasteiger partial charge < -0.3 is 9.67 Å². The Morgan fingerprint density at radius 1 is 1.39 bits per heavy atom. The Morgan fingerprint density at radius 3 is 2.94 bits per heavy atom. The van der Waals surface area contributed by atoms with Gasteiger partial charge in [0.2, 0.25) is 0 Å². The number of thioether (sulfide) groups is 1. The topological polar surface area (TPSA) is 38.0 Å². The van der Waals surface area contributed by atoms with Gasteiger partial charge in [0.15, 0.2) is 0 Å². The number of fused-ring (bicyclic) bond motifs is 1. The first-order valence-electron chi connectivity index (χ1n) is 5.44. The zero-order valence-electron chi connectivity index (χ0n) is 9.25. The van der Waals surface area contributed by atoms with E-state index >= 15 is 0 Å². The van der Waals surface area contributed by atoms with Gasteiger partial charge in [0, 0.05) is 39.4 Å². The molecule has 18 heavy (non-hydrogen) atoms. The summed E-state index contributed by atoms with van der Waals surface area (Å²) in [7, 11) is 0. The van der Waals surface area contributed by atoms with Crippen molar-refractivity contribution in [3.8, 4) is 0 Å². The maximum Gasteiger partial charge on any atom is 0.0954 e. The van der Waals surface area contributed by atoms with Gasteiger partial charge in [0.1, 0.15) is 0 Å². The van der Waals surface area contributed by atoms with Gasteiger partial charge in [0.05, 0.1) is 17.7 Å². The van der Waals surface area contributed by atoms with E-state index in [1.165, 1.54) is 0 Å². The highest BCUT2D eigenvalue weighted by Crippen LogP contribution is 2.48. The molecule has 0 spiro atoms. The van der Waals surface area contributed by atoms with Crippen LogP contribution < -0.4 is 0 Å². The number of hydrogen-bond donors (Lipinski definition) is 1. The maximum atomic E-state index is 10.3. The Labute approximate surface area is 119 Å². The van der Waals surface area contributed by atoms with Gasteiger partial charge in [-0.1, -0.05) is 23.2 Å². The van der Waals surface area contributed by atoms with Crippen molar-refractivity contribution in [3.05, 3.63) is 46.5 Å². The SMILES string of the molecule is O[C@H]1c2c(Cl)cc(Cl)cc2S[C@H]1Cn1ccnc1. The van der Waals surface area contributed by atoms with Crippen LogP contribution in [-0.4, -0.2) is 19.9 Å². The number of hydrogen-bond acceptors (Lipinski definition) is 3. The van der Waals surface area contributed by atoms with E-state index in [1.54, 1.807) is 30.4 Å². The third kappa shape index (κ3) is 2.14. The predicted molar refractivity (Wildman–Crippen MR) is 73.3 cm³/mol. The first-order chi connectivity index (χ1) is 8.65. The third-order valence-corrected chi connectivity index (χ3v) is 4.76. The van der Waals surface area contributed by atoms with E-state index in [4.69, 9.17) is 23.2 Å². The van der Waals surface area contributed by atoms with Crippen LogP contribution >= 0.6 is 35.0 Å². The summed E-state index contributed by atoms with van der Waals surface area (Å²) in [6.07, 6.45) is 4.77. The van der Waals surface area contributed by atoms with Crippen molar-refractivity contribution in [2.24, 2.45) is 0 Å². The normalized spacial score (nSPS) is 22.2. The van der Waals surface area contributed by atoms with Crippen molar-refractivity contribution in [3.63, 3.8) is 0 Å². The number of aliphatic hydroxyl groups excluding tert-OH is 1. The Bertz CT molecular complexity index is 574. The Kier molecular flexibility index (Phi) is 3.28. The molecule has 1 N–H and O–H groups in total. The standard InChI is InChI=1S/C12H10Cl2N2OS/c13-7-3-8(14)11-9(4-7)18-10(12(11)17)5-16-2-1-15-6-16/h1-4,6,10,12,17H,5H2/t10-,12+/m0/s1. The fourth-order valence-corrected chi connectivity index (χ4v) is 4.22. The Balaban J connectivity index is 1.89. The highest BCUT2D eigenvalue weighted by atomic mass is 35.5. The molecule has 0 bridgehead atoms. The van der Waals surface area contributed by atoms with Crippen molar-refractivity contribution >= 4 is 35.0 Å². The van der Waals surface area contributed by atoms with Crippen molar-refractivity contribution in [2.75, 3.05) is 0 Å². The molecule has 1 aromatic carbocycles. The molecular weight excluding hydrogens is 291 g/mol. The molecule has 2 heterocycles. The summed E-state index contributed by atoms with van der Waals surface area (Å²) in [4.78, 5) is 4.96. The van der Waals surface area contributed by atoms with E-state index in [0.29, 0.717) is 16.6 Å². The molecule has 3 rings (SSSR count). The predicted octanol–water partition coefficient (Wildman–Crippen LogP) is 3.40. The first kappa shape index (κ1) is 12.4. The zero-order chi connectivity index (χ0) is 12.7. The summed E-state index contributed by atoms with van der Waals surface area (Å²) in [5.74, 6) is 0. The molecule has 0 fully saturated rings. The Hall–Kier alpha value is -0.680. The number of aromatic nitrogens is 2. The van der Waals surface area contributed by atoms with Gasteiger partial charge in [0.25, 0.3) is 0 Å². The molecule has 1 aliphatic rings. The van der Waals surface area contributed by atoms with E-state index < -0.39 is 6.10 Å². The lowest BCUT2D eigenvalue weighted by Gasteiger charge is -2.14. The second-order valence-corrected chi connectivity index (χ2v) is 6.28. The van der Waals surface area contributed by atoms with Crippen molar-refractivity contribution in [1.29, 1.82) is 0 Å². The van der Waals surface area contributed by atoms with Crippen LogP contribution in [0.3, 0.4) is 0 Å². The van der Waals surface area contributed by atoms with Crippen molar-refractivity contribution in [2.45, 2.75) is 22.8 Å². The largest absolute Gasteiger partial charge is 0.387 e. The molecule has 0 saturated carbocycles. The van der Waals surface area contributed by atoms with Crippen LogP contribution in [0.1, 0.15) is 11.7 Å². The number of nitrogens with zero attached hydrogens (tertiary/aromatic N) is 2.